The number of aryl methyl sites for hydroxylation is 2. The molecule has 2 rings (SSSR count). The molecule has 1 fully saturated rings. The van der Waals surface area contributed by atoms with Crippen LogP contribution in [0, 0.1) is 13.8 Å². The minimum atomic E-state index is 0.0170. The number of rotatable bonds is 3. The molecule has 0 radical (unpaired) electrons. The topological polar surface area (TPSA) is 30.5 Å². The summed E-state index contributed by atoms with van der Waals surface area (Å²) in [6.45, 7) is 6.09. The molecule has 0 aliphatic carbocycles. The van der Waals surface area contributed by atoms with E-state index >= 15 is 0 Å². The Kier molecular flexibility index (Phi) is 4.62. The maximum Gasteiger partial charge on any atom is 0.100 e. The molecular weight excluding hydrogens is 250 g/mol. The van der Waals surface area contributed by atoms with Gasteiger partial charge < -0.3 is 14.8 Å². The highest BCUT2D eigenvalue weighted by Gasteiger charge is 2.27. The minimum absolute atomic E-state index is 0.0170. The van der Waals surface area contributed by atoms with Crippen molar-refractivity contribution >= 4 is 11.6 Å². The van der Waals surface area contributed by atoms with Crippen molar-refractivity contribution < 1.29 is 9.47 Å². The quantitative estimate of drug-likeness (QED) is 0.915. The van der Waals surface area contributed by atoms with E-state index in [9.17, 15) is 0 Å². The molecule has 1 saturated heterocycles. The number of hydrogen-bond acceptors (Lipinski definition) is 3. The molecule has 2 atom stereocenters. The van der Waals surface area contributed by atoms with Crippen LogP contribution in [-0.2, 0) is 9.47 Å². The van der Waals surface area contributed by atoms with Crippen LogP contribution in [0.5, 0.6) is 0 Å². The van der Waals surface area contributed by atoms with Gasteiger partial charge >= 0.3 is 0 Å². The maximum atomic E-state index is 6.36. The third kappa shape index (κ3) is 2.86. The van der Waals surface area contributed by atoms with Crippen LogP contribution in [0.3, 0.4) is 0 Å². The lowest BCUT2D eigenvalue weighted by Crippen LogP contribution is -2.39. The Hall–Kier alpha value is -0.610. The zero-order valence-corrected chi connectivity index (χ0v) is 11.9. The number of nitrogens with one attached hydrogen (secondary N) is 1. The Labute approximate surface area is 113 Å². The normalized spacial score (nSPS) is 21.9. The first-order chi connectivity index (χ1) is 8.63. The molecule has 0 spiro atoms. The molecule has 0 saturated carbocycles. The van der Waals surface area contributed by atoms with E-state index < -0.39 is 0 Å². The summed E-state index contributed by atoms with van der Waals surface area (Å²) in [5.41, 5.74) is 3.53. The Balaban J connectivity index is 2.28. The van der Waals surface area contributed by atoms with Gasteiger partial charge in [-0.1, -0.05) is 17.7 Å². The van der Waals surface area contributed by atoms with Crippen LogP contribution in [-0.4, -0.2) is 33.0 Å². The van der Waals surface area contributed by atoms with Crippen LogP contribution >= 0.6 is 11.6 Å². The maximum absolute atomic E-state index is 6.36. The van der Waals surface area contributed by atoms with Crippen LogP contribution in [0.4, 0.5) is 0 Å². The highest BCUT2D eigenvalue weighted by atomic mass is 35.5. The summed E-state index contributed by atoms with van der Waals surface area (Å²) in [4.78, 5) is 0. The zero-order valence-electron chi connectivity index (χ0n) is 11.1. The van der Waals surface area contributed by atoms with E-state index in [-0.39, 0.29) is 12.1 Å². The van der Waals surface area contributed by atoms with E-state index in [2.05, 4.69) is 25.2 Å². The van der Waals surface area contributed by atoms with Gasteiger partial charge in [0.15, 0.2) is 0 Å². The van der Waals surface area contributed by atoms with E-state index in [1.54, 1.807) is 0 Å². The lowest BCUT2D eigenvalue weighted by Gasteiger charge is -2.31. The van der Waals surface area contributed by atoms with E-state index in [4.69, 9.17) is 21.1 Å². The van der Waals surface area contributed by atoms with Gasteiger partial charge in [-0.05, 0) is 43.7 Å². The number of hydrogen-bond donors (Lipinski definition) is 1. The Morgan fingerprint density at radius 3 is 2.61 bits per heavy atom. The van der Waals surface area contributed by atoms with Crippen molar-refractivity contribution in [1.82, 2.24) is 5.32 Å². The molecule has 0 aromatic heterocycles. The van der Waals surface area contributed by atoms with Crippen molar-refractivity contribution in [1.29, 1.82) is 0 Å². The SMILES string of the molecule is CNC(c1cc(C)c(C)cc1Cl)C1COCCO1. The zero-order chi connectivity index (χ0) is 13.1. The van der Waals surface area contributed by atoms with Crippen molar-refractivity contribution in [2.75, 3.05) is 26.9 Å². The van der Waals surface area contributed by atoms with Gasteiger partial charge in [0.1, 0.15) is 6.10 Å². The second kappa shape index (κ2) is 6.02. The molecule has 2 unspecified atom stereocenters. The molecule has 1 aliphatic heterocycles. The van der Waals surface area contributed by atoms with Crippen molar-refractivity contribution in [3.05, 3.63) is 33.8 Å². The molecule has 1 aromatic carbocycles. The third-order valence-corrected chi connectivity index (χ3v) is 3.80. The van der Waals surface area contributed by atoms with Gasteiger partial charge in [-0.15, -0.1) is 0 Å². The molecule has 4 heteroatoms. The van der Waals surface area contributed by atoms with Gasteiger partial charge in [-0.25, -0.2) is 0 Å². The van der Waals surface area contributed by atoms with Gasteiger partial charge in [0.25, 0.3) is 0 Å². The summed E-state index contributed by atoms with van der Waals surface area (Å²) in [6.07, 6.45) is 0.0170. The third-order valence-electron chi connectivity index (χ3n) is 3.47. The average molecular weight is 270 g/mol. The molecule has 1 aromatic rings. The van der Waals surface area contributed by atoms with Crippen LogP contribution in [0.1, 0.15) is 22.7 Å². The second-order valence-electron chi connectivity index (χ2n) is 4.71. The molecule has 0 bridgehead atoms. The highest BCUT2D eigenvalue weighted by Crippen LogP contribution is 2.30. The van der Waals surface area contributed by atoms with Gasteiger partial charge in [0, 0.05) is 5.02 Å². The van der Waals surface area contributed by atoms with E-state index in [1.165, 1.54) is 11.1 Å². The minimum Gasteiger partial charge on any atom is -0.376 e. The molecule has 1 heterocycles. The number of benzene rings is 1. The highest BCUT2D eigenvalue weighted by molar-refractivity contribution is 6.31. The Morgan fingerprint density at radius 1 is 1.28 bits per heavy atom. The van der Waals surface area contributed by atoms with Crippen LogP contribution in [0.2, 0.25) is 5.02 Å². The summed E-state index contributed by atoms with van der Waals surface area (Å²) in [5, 5.41) is 4.07. The first-order valence-electron chi connectivity index (χ1n) is 6.26. The van der Waals surface area contributed by atoms with E-state index in [0.29, 0.717) is 19.8 Å². The molecule has 18 heavy (non-hydrogen) atoms. The standard InChI is InChI=1S/C14H20ClNO2/c1-9-6-11(12(15)7-10(9)2)14(16-3)13-8-17-4-5-18-13/h6-7,13-14,16H,4-5,8H2,1-3H3. The summed E-state index contributed by atoms with van der Waals surface area (Å²) >= 11 is 6.36. The monoisotopic (exact) mass is 269 g/mol. The molecule has 3 nitrogen and oxygen atoms in total. The fourth-order valence-electron chi connectivity index (χ4n) is 2.28. The van der Waals surface area contributed by atoms with Crippen molar-refractivity contribution in [3.63, 3.8) is 0 Å². The number of ether oxygens (including phenoxy) is 2. The van der Waals surface area contributed by atoms with Gasteiger partial charge in [0.05, 0.1) is 25.9 Å². The molecule has 1 N–H and O–H groups in total. The first kappa shape index (κ1) is 13.8. The summed E-state index contributed by atoms with van der Waals surface area (Å²) in [7, 11) is 1.92. The molecule has 100 valence electrons. The Bertz CT molecular complexity index is 417. The van der Waals surface area contributed by atoms with Crippen LogP contribution < -0.4 is 5.32 Å². The largest absolute Gasteiger partial charge is 0.376 e. The van der Waals surface area contributed by atoms with E-state index in [1.807, 2.05) is 13.1 Å². The number of halogens is 1. The first-order valence-corrected chi connectivity index (χ1v) is 6.64. The number of likely N-dealkylation sites (N-methyl/N-ethyl adjacent to an activating group) is 1. The summed E-state index contributed by atoms with van der Waals surface area (Å²) in [5.74, 6) is 0. The predicted octanol–water partition coefficient (Wildman–Crippen LogP) is 2.63. The van der Waals surface area contributed by atoms with Crippen molar-refractivity contribution in [2.45, 2.75) is 26.0 Å². The molecule has 0 amide bonds. The predicted molar refractivity (Wildman–Crippen MR) is 73.3 cm³/mol. The lowest BCUT2D eigenvalue weighted by atomic mass is 9.97. The van der Waals surface area contributed by atoms with Crippen molar-refractivity contribution in [2.24, 2.45) is 0 Å². The van der Waals surface area contributed by atoms with Crippen molar-refractivity contribution in [3.8, 4) is 0 Å². The molecule has 1 aliphatic rings. The van der Waals surface area contributed by atoms with Crippen LogP contribution in [0.25, 0.3) is 0 Å². The molecular formula is C14H20ClNO2. The van der Waals surface area contributed by atoms with Crippen LogP contribution in [0.15, 0.2) is 12.1 Å². The fraction of sp³-hybridized carbons (Fsp3) is 0.571. The average Bonchev–Trinajstić information content (AvgIpc) is 2.38. The fourth-order valence-corrected chi connectivity index (χ4v) is 2.62. The van der Waals surface area contributed by atoms with E-state index in [0.717, 1.165) is 10.6 Å². The van der Waals surface area contributed by atoms with Gasteiger partial charge in [0.2, 0.25) is 0 Å². The summed E-state index contributed by atoms with van der Waals surface area (Å²) < 4.78 is 11.2. The Morgan fingerprint density at radius 2 is 2.00 bits per heavy atom. The smallest absolute Gasteiger partial charge is 0.100 e. The van der Waals surface area contributed by atoms with Gasteiger partial charge in [-0.2, -0.15) is 0 Å². The lowest BCUT2D eigenvalue weighted by molar-refractivity contribution is -0.101. The second-order valence-corrected chi connectivity index (χ2v) is 5.12. The van der Waals surface area contributed by atoms with Gasteiger partial charge in [-0.3, -0.25) is 0 Å². The summed E-state index contributed by atoms with van der Waals surface area (Å²) in [6, 6.07) is 4.22.